The number of nitrogens with zero attached hydrogens (tertiary/aromatic N) is 3. The molecule has 1 fully saturated rings. The lowest BCUT2D eigenvalue weighted by atomic mass is 10.1. The molecule has 0 unspecified atom stereocenters. The molecule has 0 spiro atoms. The molecule has 0 aromatic heterocycles. The molecule has 0 atom stereocenters. The van der Waals surface area contributed by atoms with E-state index in [2.05, 4.69) is 42.6 Å². The van der Waals surface area contributed by atoms with E-state index in [0.29, 0.717) is 0 Å². The van der Waals surface area contributed by atoms with Crippen LogP contribution in [0.2, 0.25) is 0 Å². The van der Waals surface area contributed by atoms with Crippen molar-refractivity contribution in [2.24, 2.45) is 10.7 Å². The van der Waals surface area contributed by atoms with Gasteiger partial charge >= 0.3 is 0 Å². The van der Waals surface area contributed by atoms with Crippen molar-refractivity contribution >= 4 is 18.5 Å². The number of benzene rings is 1. The molecule has 198 valence electrons. The van der Waals surface area contributed by atoms with Gasteiger partial charge in [0, 0.05) is 37.6 Å². The fourth-order valence-corrected chi connectivity index (χ4v) is 3.81. The fourth-order valence-electron chi connectivity index (χ4n) is 3.46. The van der Waals surface area contributed by atoms with E-state index < -0.39 is 0 Å². The van der Waals surface area contributed by atoms with Crippen LogP contribution in [0.4, 0.5) is 0 Å². The van der Waals surface area contributed by atoms with Crippen LogP contribution in [0.25, 0.3) is 0 Å². The maximum absolute atomic E-state index is 6.70. The number of unbranched alkanes of at least 4 members (excludes halogenated alkanes) is 1. The molecule has 0 radical (unpaired) electrons. The van der Waals surface area contributed by atoms with Gasteiger partial charge in [-0.25, -0.2) is 0 Å². The molecule has 2 rings (SSSR count). The van der Waals surface area contributed by atoms with Crippen LogP contribution >= 0.6 is 11.8 Å². The molecule has 2 N–H and O–H groups in total. The van der Waals surface area contributed by atoms with Gasteiger partial charge in [0.25, 0.3) is 0 Å². The van der Waals surface area contributed by atoms with Gasteiger partial charge in [0.2, 0.25) is 0 Å². The number of rotatable bonds is 11. The highest BCUT2D eigenvalue weighted by Crippen LogP contribution is 2.26. The largest absolute Gasteiger partial charge is 0.497 e. The summed E-state index contributed by atoms with van der Waals surface area (Å²) < 4.78 is 12.0. The van der Waals surface area contributed by atoms with Gasteiger partial charge in [-0.3, -0.25) is 14.3 Å². The number of halogens is 1. The third-order valence-corrected chi connectivity index (χ3v) is 5.69. The summed E-state index contributed by atoms with van der Waals surface area (Å²) in [5.41, 5.74) is 10.5. The Balaban J connectivity index is 0.000000600. The zero-order valence-corrected chi connectivity index (χ0v) is 23.3. The number of methoxy groups -OCH3 is 1. The number of morpholine rings is 1. The maximum Gasteiger partial charge on any atom is 0.118 e. The summed E-state index contributed by atoms with van der Waals surface area (Å²) >= 11 is 6.70. The highest BCUT2D eigenvalue weighted by molar-refractivity contribution is 6.15. The first-order valence-corrected chi connectivity index (χ1v) is 12.7. The summed E-state index contributed by atoms with van der Waals surface area (Å²) in [5.74, 6) is 0.917. The molecule has 1 aromatic rings. The normalized spacial score (nSPS) is 15.9. The minimum Gasteiger partial charge on any atom is -0.497 e. The Labute approximate surface area is 223 Å². The van der Waals surface area contributed by atoms with Crippen molar-refractivity contribution in [3.8, 4) is 5.75 Å². The molecule has 1 aromatic carbocycles. The molecule has 1 saturated heterocycles. The Kier molecular flexibility index (Phi) is 16.0. The molecule has 0 amide bonds. The number of aliphatic imine (C=N–C) groups is 1. The van der Waals surface area contributed by atoms with Gasteiger partial charge < -0.3 is 15.2 Å². The van der Waals surface area contributed by atoms with Crippen molar-refractivity contribution in [2.75, 3.05) is 40.0 Å². The van der Waals surface area contributed by atoms with E-state index in [9.17, 15) is 0 Å². The first-order valence-electron chi connectivity index (χ1n) is 12.4. The van der Waals surface area contributed by atoms with E-state index in [1.807, 2.05) is 56.5 Å². The summed E-state index contributed by atoms with van der Waals surface area (Å²) in [7, 11) is 1.67. The van der Waals surface area contributed by atoms with Crippen LogP contribution in [-0.4, -0.2) is 56.0 Å². The number of aryl methyl sites for hydroxylation is 1. The van der Waals surface area contributed by atoms with E-state index in [1.54, 1.807) is 11.5 Å². The summed E-state index contributed by atoms with van der Waals surface area (Å²) in [6, 6.07) is 7.96. The first-order chi connectivity index (χ1) is 17.4. The van der Waals surface area contributed by atoms with Crippen LogP contribution in [0.3, 0.4) is 0 Å². The minimum absolute atomic E-state index is 0.743. The Hall–Kier alpha value is -2.80. The van der Waals surface area contributed by atoms with E-state index in [0.717, 1.165) is 74.0 Å². The molecule has 1 heterocycles. The zero-order valence-electron chi connectivity index (χ0n) is 22.5. The summed E-state index contributed by atoms with van der Waals surface area (Å²) in [4.78, 5) is 6.46. The fraction of sp³-hybridized carbons (Fsp3) is 0.414. The zero-order chi connectivity index (χ0) is 26.8. The van der Waals surface area contributed by atoms with Crippen molar-refractivity contribution < 1.29 is 9.47 Å². The molecule has 6 nitrogen and oxygen atoms in total. The van der Waals surface area contributed by atoms with Gasteiger partial charge in [0.1, 0.15) is 5.75 Å². The Morgan fingerprint density at radius 2 is 1.92 bits per heavy atom. The van der Waals surface area contributed by atoms with Crippen LogP contribution in [-0.2, 0) is 4.74 Å². The van der Waals surface area contributed by atoms with Crippen LogP contribution < -0.4 is 10.5 Å². The quantitative estimate of drug-likeness (QED) is 0.211. The molecule has 0 saturated carbocycles. The highest BCUT2D eigenvalue weighted by Gasteiger charge is 2.15. The average Bonchev–Trinajstić information content (AvgIpc) is 2.88. The number of nitrogens with two attached hydrogens (primary N) is 1. The summed E-state index contributed by atoms with van der Waals surface area (Å²) in [6.07, 6.45) is 13.5. The Morgan fingerprint density at radius 1 is 1.25 bits per heavy atom. The minimum atomic E-state index is 0.743. The molecular weight excluding hydrogens is 472 g/mol. The predicted molar refractivity (Wildman–Crippen MR) is 154 cm³/mol. The molecule has 1 aliphatic heterocycles. The SMILES string of the molecule is C=N/C(C)=C(C(/C=C/N)=C/CCC)\N(Cl)/C=C(\C=C/C)CN1CCOCC1.COc1ccc(C)cc1. The lowest BCUT2D eigenvalue weighted by Crippen LogP contribution is -2.37. The summed E-state index contributed by atoms with van der Waals surface area (Å²) in [6.45, 7) is 15.9. The van der Waals surface area contributed by atoms with Crippen molar-refractivity contribution in [1.29, 1.82) is 0 Å². The van der Waals surface area contributed by atoms with Gasteiger partial charge in [0.15, 0.2) is 0 Å². The predicted octanol–water partition coefficient (Wildman–Crippen LogP) is 6.37. The maximum atomic E-state index is 6.70. The second kappa shape index (κ2) is 18.5. The highest BCUT2D eigenvalue weighted by atomic mass is 35.5. The lowest BCUT2D eigenvalue weighted by Gasteiger charge is -2.27. The molecule has 0 bridgehead atoms. The topological polar surface area (TPSA) is 63.3 Å². The van der Waals surface area contributed by atoms with Crippen molar-refractivity contribution in [2.45, 2.75) is 40.5 Å². The van der Waals surface area contributed by atoms with Gasteiger partial charge in [-0.15, -0.1) is 0 Å². The lowest BCUT2D eigenvalue weighted by molar-refractivity contribution is 0.0425. The summed E-state index contributed by atoms with van der Waals surface area (Å²) in [5, 5.41) is 0. The van der Waals surface area contributed by atoms with Crippen molar-refractivity contribution in [3.05, 3.63) is 89.1 Å². The first kappa shape index (κ1) is 31.2. The third-order valence-electron chi connectivity index (χ3n) is 5.42. The van der Waals surface area contributed by atoms with Gasteiger partial charge in [-0.1, -0.05) is 49.3 Å². The van der Waals surface area contributed by atoms with E-state index in [1.165, 1.54) is 11.8 Å². The van der Waals surface area contributed by atoms with Crippen LogP contribution in [0, 0.1) is 6.92 Å². The second-order valence-electron chi connectivity index (χ2n) is 8.32. The van der Waals surface area contributed by atoms with Crippen molar-refractivity contribution in [1.82, 2.24) is 9.32 Å². The molecule has 1 aliphatic rings. The molecule has 0 aliphatic carbocycles. The smallest absolute Gasteiger partial charge is 0.118 e. The number of allylic oxidation sites excluding steroid dienone is 4. The standard InChI is InChI=1S/C21H33ClN4O.C8H10O/c1-5-7-9-20(10-11-23)21(18(3)24-4)26(22)17-19(8-6-2)16-25-12-14-27-15-13-25;1-7-3-5-8(9-2)6-4-7/h6,8-11,17H,4-5,7,12-16,23H2,1-3H3;3-6H,1-2H3/b8-6-,11-10+,19-17+,20-9+,21-18-;. The number of ether oxygens (including phenoxy) is 2. The number of hydrogen-bond donors (Lipinski definition) is 1. The average molecular weight is 515 g/mol. The molecule has 36 heavy (non-hydrogen) atoms. The van der Waals surface area contributed by atoms with E-state index in [4.69, 9.17) is 27.0 Å². The van der Waals surface area contributed by atoms with E-state index in [-0.39, 0.29) is 0 Å². The second-order valence-corrected chi connectivity index (χ2v) is 8.68. The third kappa shape index (κ3) is 11.8. The van der Waals surface area contributed by atoms with Gasteiger partial charge in [0.05, 0.1) is 31.7 Å². The van der Waals surface area contributed by atoms with Crippen LogP contribution in [0.15, 0.2) is 88.5 Å². The molecule has 7 heteroatoms. The Bertz CT molecular complexity index is 927. The Morgan fingerprint density at radius 3 is 2.44 bits per heavy atom. The molecular formula is C29H43ClN4O2. The van der Waals surface area contributed by atoms with Crippen LogP contribution in [0.1, 0.15) is 39.2 Å². The van der Waals surface area contributed by atoms with Crippen LogP contribution in [0.5, 0.6) is 5.75 Å². The monoisotopic (exact) mass is 514 g/mol. The van der Waals surface area contributed by atoms with Crippen molar-refractivity contribution in [3.63, 3.8) is 0 Å². The van der Waals surface area contributed by atoms with Gasteiger partial charge in [-0.05, 0) is 69.5 Å². The van der Waals surface area contributed by atoms with Gasteiger partial charge in [-0.2, -0.15) is 0 Å². The van der Waals surface area contributed by atoms with E-state index >= 15 is 0 Å². The number of hydrogen-bond acceptors (Lipinski definition) is 6.